The number of benzene rings is 1. The first-order valence-corrected chi connectivity index (χ1v) is 5.96. The van der Waals surface area contributed by atoms with Crippen molar-refractivity contribution in [3.8, 4) is 5.75 Å². The summed E-state index contributed by atoms with van der Waals surface area (Å²) in [4.78, 5) is 11.7. The number of rotatable bonds is 3. The lowest BCUT2D eigenvalue weighted by Gasteiger charge is -2.33. The van der Waals surface area contributed by atoms with Crippen molar-refractivity contribution in [2.45, 2.75) is 19.1 Å². The van der Waals surface area contributed by atoms with Gasteiger partial charge in [0, 0.05) is 6.54 Å². The zero-order valence-corrected chi connectivity index (χ0v) is 10.8. The summed E-state index contributed by atoms with van der Waals surface area (Å²) in [6.07, 6.45) is -0.0201. The minimum atomic E-state index is -0.383. The molecule has 5 nitrogen and oxygen atoms in total. The first-order valence-electron chi connectivity index (χ1n) is 5.96. The third-order valence-corrected chi connectivity index (χ3v) is 3.04. The number of carbonyl (C=O) groups is 1. The van der Waals surface area contributed by atoms with Gasteiger partial charge in [0.05, 0.1) is 18.8 Å². The Bertz CT molecular complexity index is 448. The molecule has 98 valence electrons. The van der Waals surface area contributed by atoms with E-state index in [9.17, 15) is 4.79 Å². The van der Waals surface area contributed by atoms with Crippen LogP contribution in [0.3, 0.4) is 0 Å². The molecule has 1 aromatic rings. The second-order valence-electron chi connectivity index (χ2n) is 4.32. The van der Waals surface area contributed by atoms with Gasteiger partial charge < -0.3 is 20.1 Å². The lowest BCUT2D eigenvalue weighted by molar-refractivity contribution is 0.0591. The number of esters is 1. The lowest BCUT2D eigenvalue weighted by atomic mass is 10.1. The number of nitrogens with one attached hydrogen (secondary N) is 2. The summed E-state index contributed by atoms with van der Waals surface area (Å²) in [7, 11) is 3.24. The highest BCUT2D eigenvalue weighted by Crippen LogP contribution is 2.35. The van der Waals surface area contributed by atoms with Gasteiger partial charge in [-0.2, -0.15) is 0 Å². The van der Waals surface area contributed by atoms with E-state index in [1.807, 2.05) is 19.2 Å². The molecule has 1 aliphatic heterocycles. The summed E-state index contributed by atoms with van der Waals surface area (Å²) in [5.41, 5.74) is 1.29. The van der Waals surface area contributed by atoms with Gasteiger partial charge in [0.1, 0.15) is 11.7 Å². The largest absolute Gasteiger partial charge is 0.484 e. The van der Waals surface area contributed by atoms with Crippen LogP contribution in [0.2, 0.25) is 0 Å². The van der Waals surface area contributed by atoms with Gasteiger partial charge >= 0.3 is 5.97 Å². The van der Waals surface area contributed by atoms with E-state index < -0.39 is 0 Å². The Morgan fingerprint density at radius 1 is 1.56 bits per heavy atom. The third kappa shape index (κ3) is 2.26. The quantitative estimate of drug-likeness (QED) is 0.791. The molecular formula is C13H18N2O3. The van der Waals surface area contributed by atoms with E-state index in [0.29, 0.717) is 17.9 Å². The number of fused-ring (bicyclic) bond motifs is 1. The Labute approximate surface area is 106 Å². The Hall–Kier alpha value is -1.75. The Kier molecular flexibility index (Phi) is 3.72. The van der Waals surface area contributed by atoms with Crippen LogP contribution in [0.1, 0.15) is 17.3 Å². The zero-order chi connectivity index (χ0) is 13.1. The van der Waals surface area contributed by atoms with Gasteiger partial charge in [-0.1, -0.05) is 6.07 Å². The van der Waals surface area contributed by atoms with Crippen molar-refractivity contribution in [3.05, 3.63) is 23.8 Å². The van der Waals surface area contributed by atoms with Crippen LogP contribution in [0.15, 0.2) is 18.2 Å². The number of anilines is 1. The molecule has 0 aromatic heterocycles. The summed E-state index contributed by atoms with van der Waals surface area (Å²) in [6.45, 7) is 2.76. The van der Waals surface area contributed by atoms with E-state index in [4.69, 9.17) is 9.47 Å². The Morgan fingerprint density at radius 3 is 3.00 bits per heavy atom. The van der Waals surface area contributed by atoms with Crippen molar-refractivity contribution in [1.82, 2.24) is 5.32 Å². The van der Waals surface area contributed by atoms with Crippen LogP contribution in [0.4, 0.5) is 5.69 Å². The highest BCUT2D eigenvalue weighted by molar-refractivity contribution is 5.95. The van der Waals surface area contributed by atoms with Gasteiger partial charge in [-0.05, 0) is 26.1 Å². The second kappa shape index (κ2) is 5.27. The van der Waals surface area contributed by atoms with Crippen molar-refractivity contribution in [2.24, 2.45) is 0 Å². The molecule has 0 amide bonds. The third-order valence-electron chi connectivity index (χ3n) is 3.04. The van der Waals surface area contributed by atoms with Crippen molar-refractivity contribution in [1.29, 1.82) is 0 Å². The molecule has 2 rings (SSSR count). The number of carbonyl (C=O) groups excluding carboxylic acids is 1. The first kappa shape index (κ1) is 12.7. The van der Waals surface area contributed by atoms with E-state index in [1.54, 1.807) is 6.07 Å². The van der Waals surface area contributed by atoms with Crippen molar-refractivity contribution in [2.75, 3.05) is 26.0 Å². The van der Waals surface area contributed by atoms with Crippen molar-refractivity contribution >= 4 is 11.7 Å². The van der Waals surface area contributed by atoms with E-state index in [2.05, 4.69) is 17.6 Å². The molecular weight excluding hydrogens is 232 g/mol. The normalized spacial score (nSPS) is 21.5. The Balaban J connectivity index is 2.35. The fourth-order valence-electron chi connectivity index (χ4n) is 2.06. The average molecular weight is 250 g/mol. The maximum Gasteiger partial charge on any atom is 0.341 e. The summed E-state index contributed by atoms with van der Waals surface area (Å²) < 4.78 is 10.7. The van der Waals surface area contributed by atoms with Gasteiger partial charge in [0.25, 0.3) is 0 Å². The van der Waals surface area contributed by atoms with Crippen LogP contribution >= 0.6 is 0 Å². The van der Waals surface area contributed by atoms with E-state index in [1.165, 1.54) is 7.11 Å². The van der Waals surface area contributed by atoms with Crippen molar-refractivity contribution < 1.29 is 14.3 Å². The number of hydrogen-bond acceptors (Lipinski definition) is 5. The number of likely N-dealkylation sites (N-methyl/N-ethyl adjacent to an activating group) is 1. The predicted octanol–water partition coefficient (Wildman–Crippen LogP) is 1.25. The van der Waals surface area contributed by atoms with Crippen LogP contribution in [0, 0.1) is 0 Å². The Morgan fingerprint density at radius 2 is 2.33 bits per heavy atom. The lowest BCUT2D eigenvalue weighted by Crippen LogP contribution is -2.45. The van der Waals surface area contributed by atoms with Gasteiger partial charge in [0.2, 0.25) is 0 Å². The number of ether oxygens (including phenoxy) is 2. The standard InChI is InChI=1S/C13H18N2O3/c1-8-11(7-14-2)18-12-9(13(16)17-3)5-4-6-10(12)15-8/h4-6,8,11,14-15H,7H2,1-3H3. The molecule has 1 aromatic carbocycles. The molecule has 2 unspecified atom stereocenters. The highest BCUT2D eigenvalue weighted by atomic mass is 16.5. The smallest absolute Gasteiger partial charge is 0.341 e. The van der Waals surface area contributed by atoms with E-state index >= 15 is 0 Å². The van der Waals surface area contributed by atoms with Gasteiger partial charge in [-0.15, -0.1) is 0 Å². The molecule has 0 radical (unpaired) electrons. The molecule has 0 bridgehead atoms. The van der Waals surface area contributed by atoms with E-state index in [-0.39, 0.29) is 18.1 Å². The monoisotopic (exact) mass is 250 g/mol. The van der Waals surface area contributed by atoms with Crippen LogP contribution in [-0.2, 0) is 4.74 Å². The maximum atomic E-state index is 11.7. The fraction of sp³-hybridized carbons (Fsp3) is 0.462. The van der Waals surface area contributed by atoms with Gasteiger partial charge in [-0.25, -0.2) is 4.79 Å². The summed E-state index contributed by atoms with van der Waals surface area (Å²) in [6, 6.07) is 5.59. The maximum absolute atomic E-state index is 11.7. The SMILES string of the molecule is CNCC1Oc2c(cccc2C(=O)OC)NC1C. The van der Waals surface area contributed by atoms with Crippen LogP contribution < -0.4 is 15.4 Å². The zero-order valence-electron chi connectivity index (χ0n) is 10.8. The predicted molar refractivity (Wildman–Crippen MR) is 69.2 cm³/mol. The second-order valence-corrected chi connectivity index (χ2v) is 4.32. The molecule has 0 spiro atoms. The number of methoxy groups -OCH3 is 1. The summed E-state index contributed by atoms with van der Waals surface area (Å²) in [5.74, 6) is 0.189. The van der Waals surface area contributed by atoms with Gasteiger partial charge in [-0.3, -0.25) is 0 Å². The highest BCUT2D eigenvalue weighted by Gasteiger charge is 2.29. The van der Waals surface area contributed by atoms with Gasteiger partial charge in [0.15, 0.2) is 5.75 Å². The molecule has 2 atom stereocenters. The molecule has 0 aliphatic carbocycles. The minimum Gasteiger partial charge on any atom is -0.484 e. The summed E-state index contributed by atoms with van der Waals surface area (Å²) in [5, 5.41) is 6.42. The van der Waals surface area contributed by atoms with E-state index in [0.717, 1.165) is 5.69 Å². The molecule has 0 fully saturated rings. The number of para-hydroxylation sites is 1. The molecule has 1 heterocycles. The van der Waals surface area contributed by atoms with Crippen LogP contribution in [0.25, 0.3) is 0 Å². The molecule has 0 saturated carbocycles. The average Bonchev–Trinajstić information content (AvgIpc) is 2.38. The number of hydrogen-bond donors (Lipinski definition) is 2. The molecule has 1 aliphatic rings. The van der Waals surface area contributed by atoms with Crippen LogP contribution in [-0.4, -0.2) is 38.8 Å². The van der Waals surface area contributed by atoms with Crippen molar-refractivity contribution in [3.63, 3.8) is 0 Å². The first-order chi connectivity index (χ1) is 8.67. The molecule has 18 heavy (non-hydrogen) atoms. The van der Waals surface area contributed by atoms with Crippen LogP contribution in [0.5, 0.6) is 5.75 Å². The molecule has 0 saturated heterocycles. The summed E-state index contributed by atoms with van der Waals surface area (Å²) >= 11 is 0. The minimum absolute atomic E-state index is 0.0201. The molecule has 2 N–H and O–H groups in total. The molecule has 5 heteroatoms. The topological polar surface area (TPSA) is 59.6 Å². The fourth-order valence-corrected chi connectivity index (χ4v) is 2.06.